The van der Waals surface area contributed by atoms with Gasteiger partial charge >= 0.3 is 0 Å². The molecule has 6 heteroatoms. The maximum atomic E-state index is 6.63. The summed E-state index contributed by atoms with van der Waals surface area (Å²) in [5, 5.41) is 5.08. The summed E-state index contributed by atoms with van der Waals surface area (Å²) in [6.45, 7) is 0. The Morgan fingerprint density at radius 3 is 2.18 bits per heavy atom. The van der Waals surface area contributed by atoms with E-state index >= 15 is 0 Å². The van der Waals surface area contributed by atoms with E-state index in [2.05, 4.69) is 84.9 Å². The fourth-order valence-corrected chi connectivity index (χ4v) is 13.7. The van der Waals surface area contributed by atoms with Gasteiger partial charge in [-0.25, -0.2) is 0 Å². The molecule has 5 aromatic rings. The van der Waals surface area contributed by atoms with Gasteiger partial charge in [-0.05, 0) is 39.9 Å². The van der Waals surface area contributed by atoms with Crippen molar-refractivity contribution in [1.29, 1.82) is 0 Å². The average molecular weight is 673 g/mol. The van der Waals surface area contributed by atoms with Gasteiger partial charge in [-0.2, -0.15) is 0 Å². The summed E-state index contributed by atoms with van der Waals surface area (Å²) < 4.78 is 0. The molecule has 2 aliphatic rings. The molecule has 33 heavy (non-hydrogen) atoms. The topological polar surface area (TPSA) is 12.9 Å². The van der Waals surface area contributed by atoms with E-state index in [0.29, 0.717) is 0 Å². The Labute approximate surface area is 219 Å². The second-order valence-corrected chi connectivity index (χ2v) is 14.3. The molecule has 1 radical (unpaired) electrons. The summed E-state index contributed by atoms with van der Waals surface area (Å²) in [6.07, 6.45) is 0. The van der Waals surface area contributed by atoms with Gasteiger partial charge in [-0.15, -0.1) is 41.2 Å². The zero-order chi connectivity index (χ0) is 21.3. The Bertz CT molecular complexity index is 1560. The van der Waals surface area contributed by atoms with Crippen LogP contribution in [0.25, 0.3) is 22.2 Å². The van der Waals surface area contributed by atoms with E-state index in [4.69, 9.17) is 16.8 Å². The maximum absolute atomic E-state index is 6.63. The summed E-state index contributed by atoms with van der Waals surface area (Å²) >= 11 is 10.3. The van der Waals surface area contributed by atoms with Gasteiger partial charge in [0.1, 0.15) is 0 Å². The largest absolute Gasteiger partial charge is 0.296 e. The van der Waals surface area contributed by atoms with Crippen molar-refractivity contribution >= 4 is 68.2 Å². The first-order valence-electron chi connectivity index (χ1n) is 10.3. The van der Waals surface area contributed by atoms with Crippen LogP contribution in [-0.4, -0.2) is 4.98 Å². The van der Waals surface area contributed by atoms with Crippen LogP contribution in [0.1, 0.15) is 0 Å². The average Bonchev–Trinajstić information content (AvgIpc) is 2.84. The molecule has 0 saturated heterocycles. The van der Waals surface area contributed by atoms with Crippen molar-refractivity contribution in [2.24, 2.45) is 0 Å². The number of nitrogens with zero attached hydrogens (tertiary/aromatic N) is 1. The third-order valence-corrected chi connectivity index (χ3v) is 13.8. The quantitative estimate of drug-likeness (QED) is 0.148. The molecule has 0 amide bonds. The van der Waals surface area contributed by atoms with Gasteiger partial charge in [0.05, 0.1) is 5.52 Å². The second-order valence-electron chi connectivity index (χ2n) is 7.86. The van der Waals surface area contributed by atoms with Crippen LogP contribution in [0, 0.1) is 6.07 Å². The number of hydrogen-bond acceptors (Lipinski definition) is 4. The number of para-hydroxylation sites is 1. The molecule has 0 N–H and O–H groups in total. The molecule has 0 saturated carbocycles. The van der Waals surface area contributed by atoms with Crippen LogP contribution in [0.15, 0.2) is 111 Å². The van der Waals surface area contributed by atoms with Crippen LogP contribution in [-0.2, 0) is 31.9 Å². The van der Waals surface area contributed by atoms with E-state index in [-0.39, 0.29) is 20.1 Å². The van der Waals surface area contributed by atoms with Gasteiger partial charge < -0.3 is 0 Å². The van der Waals surface area contributed by atoms with E-state index in [1.54, 1.807) is 11.8 Å². The van der Waals surface area contributed by atoms with Gasteiger partial charge in [0, 0.05) is 35.9 Å². The first-order valence-corrected chi connectivity index (χ1v) is 14.8. The van der Waals surface area contributed by atoms with Crippen LogP contribution >= 0.6 is 29.6 Å². The van der Waals surface area contributed by atoms with Crippen LogP contribution in [0.3, 0.4) is 0 Å². The van der Waals surface area contributed by atoms with E-state index < -0.39 is 6.04 Å². The van der Waals surface area contributed by atoms with Crippen molar-refractivity contribution < 1.29 is 20.1 Å². The molecule has 161 valence electrons. The van der Waals surface area contributed by atoms with Gasteiger partial charge in [0.15, 0.2) is 0 Å². The molecular weight excluding hydrogens is 658 g/mol. The fraction of sp³-hybridized carbons (Fsp3) is 0. The molecule has 1 unspecified atom stereocenters. The predicted molar refractivity (Wildman–Crippen MR) is 140 cm³/mol. The Hall–Kier alpha value is -1.71. The minimum Gasteiger partial charge on any atom is -0.296 e. The molecule has 0 aliphatic carbocycles. The van der Waals surface area contributed by atoms with E-state index in [1.807, 2.05) is 23.9 Å². The Morgan fingerprint density at radius 1 is 0.727 bits per heavy atom. The Kier molecular flexibility index (Phi) is 5.42. The first-order chi connectivity index (χ1) is 15.7. The molecule has 0 bridgehead atoms. The second kappa shape index (κ2) is 8.20. The van der Waals surface area contributed by atoms with E-state index in [0.717, 1.165) is 27.1 Å². The molecule has 1 aromatic heterocycles. The number of benzene rings is 4. The van der Waals surface area contributed by atoms with Crippen molar-refractivity contribution in [2.45, 2.75) is 19.6 Å². The van der Waals surface area contributed by atoms with Crippen LogP contribution < -0.4 is 15.9 Å². The summed E-state index contributed by atoms with van der Waals surface area (Å²) in [5.74, 6) is 0. The Morgan fingerprint density at radius 2 is 1.39 bits per heavy atom. The predicted octanol–water partition coefficient (Wildman–Crippen LogP) is 6.38. The number of fused-ring (bicyclic) bond motifs is 5. The molecule has 2 aliphatic heterocycles. The number of hydrogen-bond donors (Lipinski definition) is 0. The molecule has 1 nitrogen and oxygen atoms in total. The smallest absolute Gasteiger partial charge is 0.0595 e. The molecule has 1 atom stereocenters. The molecule has 0 spiro atoms. The normalized spacial score (nSPS) is 17.5. The summed E-state index contributed by atoms with van der Waals surface area (Å²) in [6, 6.07) is 33.7. The number of pyridine rings is 1. The first kappa shape index (κ1) is 21.8. The Balaban J connectivity index is 0.00000206. The van der Waals surface area contributed by atoms with Crippen LogP contribution in [0.4, 0.5) is 0 Å². The van der Waals surface area contributed by atoms with Crippen molar-refractivity contribution in [2.75, 3.05) is 0 Å². The zero-order valence-corrected chi connectivity index (χ0v) is 22.9. The number of aromatic nitrogens is 1. The summed E-state index contributed by atoms with van der Waals surface area (Å²) in [5.41, 5.74) is 2.99. The van der Waals surface area contributed by atoms with Gasteiger partial charge in [-0.3, -0.25) is 4.98 Å². The fourth-order valence-electron chi connectivity index (χ4n) is 4.54. The van der Waals surface area contributed by atoms with Gasteiger partial charge in [-0.1, -0.05) is 93.6 Å². The van der Waals surface area contributed by atoms with E-state index in [1.165, 1.54) is 30.6 Å². The molecule has 3 heterocycles. The zero-order valence-electron chi connectivity index (χ0n) is 17.1. The van der Waals surface area contributed by atoms with Crippen molar-refractivity contribution in [3.05, 3.63) is 97.1 Å². The SMILES string of the molecule is S=P12c3ccccc3Sc3[c-]c(-c4ccc5ccccc5n4)cc(c31)Sc1ccccc12.[Ir]. The van der Waals surface area contributed by atoms with Gasteiger partial charge in [0.2, 0.25) is 0 Å². The number of rotatable bonds is 1. The third-order valence-electron chi connectivity index (χ3n) is 6.00. The minimum atomic E-state index is -2.13. The summed E-state index contributed by atoms with van der Waals surface area (Å²) in [7, 11) is 0. The monoisotopic (exact) mass is 673 g/mol. The summed E-state index contributed by atoms with van der Waals surface area (Å²) in [4.78, 5) is 9.90. The molecule has 7 rings (SSSR count). The van der Waals surface area contributed by atoms with Gasteiger partial charge in [0.25, 0.3) is 0 Å². The molecule has 0 fully saturated rings. The third kappa shape index (κ3) is 3.26. The standard InChI is InChI=1S/C27H15NPS3.Ir/c30-29-21-9-3-5-11-23(21)31-25-15-18(20-14-13-17-7-1-2-8-19(17)28-20)16-26(27(25)29)32-24-12-6-4-10-22(24)29;/h1-15H;/q-1;. The van der Waals surface area contributed by atoms with Crippen LogP contribution in [0.2, 0.25) is 0 Å². The van der Waals surface area contributed by atoms with Crippen molar-refractivity contribution in [1.82, 2.24) is 4.98 Å². The van der Waals surface area contributed by atoms with Crippen molar-refractivity contribution in [3.8, 4) is 11.3 Å². The minimum absolute atomic E-state index is 0. The van der Waals surface area contributed by atoms with Crippen molar-refractivity contribution in [3.63, 3.8) is 0 Å². The maximum Gasteiger partial charge on any atom is 0.0595 e. The molecule has 4 aromatic carbocycles. The molecular formula is C27H15IrNPS3-. The van der Waals surface area contributed by atoms with E-state index in [9.17, 15) is 0 Å². The van der Waals surface area contributed by atoms with Crippen LogP contribution in [0.5, 0.6) is 0 Å².